The van der Waals surface area contributed by atoms with Crippen molar-refractivity contribution in [3.63, 3.8) is 0 Å². The van der Waals surface area contributed by atoms with Gasteiger partial charge in [0.1, 0.15) is 17.4 Å². The summed E-state index contributed by atoms with van der Waals surface area (Å²) in [6.45, 7) is 1.96. The standard InChI is InChI=1S/C20H16Cl3FN2O2/c1-2-28-20(27)15(9-12-3-5-14(24)6-4-12)18-7-8-25-26(18)19-16(22)10-13(21)11-17(19)23/h3-8,10-11,15H,2,9H2,1H3. The predicted molar refractivity (Wildman–Crippen MR) is 108 cm³/mol. The Morgan fingerprint density at radius 3 is 2.39 bits per heavy atom. The van der Waals surface area contributed by atoms with E-state index in [9.17, 15) is 9.18 Å². The van der Waals surface area contributed by atoms with Crippen molar-refractivity contribution < 1.29 is 13.9 Å². The minimum Gasteiger partial charge on any atom is -0.465 e. The molecule has 0 radical (unpaired) electrons. The topological polar surface area (TPSA) is 44.1 Å². The van der Waals surface area contributed by atoms with Gasteiger partial charge in [-0.05, 0) is 49.2 Å². The summed E-state index contributed by atoms with van der Waals surface area (Å²) in [7, 11) is 0. The van der Waals surface area contributed by atoms with E-state index in [2.05, 4.69) is 5.10 Å². The summed E-state index contributed by atoms with van der Waals surface area (Å²) in [5.41, 5.74) is 1.75. The minimum atomic E-state index is -0.685. The Kier molecular flexibility index (Phi) is 6.60. The number of hydrogen-bond donors (Lipinski definition) is 0. The Bertz CT molecular complexity index is 966. The highest BCUT2D eigenvalue weighted by Gasteiger charge is 2.28. The maximum absolute atomic E-state index is 13.2. The quantitative estimate of drug-likeness (QED) is 0.450. The van der Waals surface area contributed by atoms with E-state index in [0.29, 0.717) is 32.9 Å². The van der Waals surface area contributed by atoms with Gasteiger partial charge in [-0.3, -0.25) is 4.79 Å². The number of benzene rings is 2. The van der Waals surface area contributed by atoms with Crippen LogP contribution in [0.15, 0.2) is 48.7 Å². The molecule has 146 valence electrons. The Labute approximate surface area is 176 Å². The largest absolute Gasteiger partial charge is 0.465 e. The summed E-state index contributed by atoms with van der Waals surface area (Å²) < 4.78 is 20.0. The Morgan fingerprint density at radius 1 is 1.14 bits per heavy atom. The zero-order chi connectivity index (χ0) is 20.3. The zero-order valence-electron chi connectivity index (χ0n) is 14.8. The lowest BCUT2D eigenvalue weighted by atomic mass is 9.96. The number of nitrogens with zero attached hydrogens (tertiary/aromatic N) is 2. The van der Waals surface area contributed by atoms with Crippen LogP contribution in [-0.4, -0.2) is 22.4 Å². The summed E-state index contributed by atoms with van der Waals surface area (Å²) in [5, 5.41) is 5.28. The van der Waals surface area contributed by atoms with Crippen molar-refractivity contribution in [1.29, 1.82) is 0 Å². The van der Waals surface area contributed by atoms with Crippen molar-refractivity contribution >= 4 is 40.8 Å². The summed E-state index contributed by atoms with van der Waals surface area (Å²) in [5.74, 6) is -1.45. The third kappa shape index (κ3) is 4.49. The third-order valence-corrected chi connectivity index (χ3v) is 4.94. The molecule has 0 saturated heterocycles. The molecule has 1 unspecified atom stereocenters. The molecule has 3 rings (SSSR count). The lowest BCUT2D eigenvalue weighted by Crippen LogP contribution is -2.21. The smallest absolute Gasteiger partial charge is 0.315 e. The summed E-state index contributed by atoms with van der Waals surface area (Å²) in [4.78, 5) is 12.7. The molecular weight excluding hydrogens is 426 g/mol. The van der Waals surface area contributed by atoms with Crippen LogP contribution in [0.5, 0.6) is 0 Å². The van der Waals surface area contributed by atoms with Crippen molar-refractivity contribution in [2.24, 2.45) is 0 Å². The van der Waals surface area contributed by atoms with E-state index < -0.39 is 11.9 Å². The summed E-state index contributed by atoms with van der Waals surface area (Å²) >= 11 is 18.7. The van der Waals surface area contributed by atoms with E-state index >= 15 is 0 Å². The molecule has 0 bridgehead atoms. The molecule has 0 fully saturated rings. The fourth-order valence-electron chi connectivity index (χ4n) is 2.91. The first-order valence-electron chi connectivity index (χ1n) is 8.50. The van der Waals surface area contributed by atoms with Gasteiger partial charge in [-0.25, -0.2) is 9.07 Å². The van der Waals surface area contributed by atoms with Gasteiger partial charge in [0.05, 0.1) is 22.3 Å². The van der Waals surface area contributed by atoms with E-state index in [1.54, 1.807) is 43.5 Å². The highest BCUT2D eigenvalue weighted by atomic mass is 35.5. The molecule has 8 heteroatoms. The van der Waals surface area contributed by atoms with Crippen molar-refractivity contribution in [2.45, 2.75) is 19.3 Å². The monoisotopic (exact) mass is 440 g/mol. The highest BCUT2D eigenvalue weighted by molar-refractivity contribution is 6.40. The average molecular weight is 442 g/mol. The first-order valence-corrected chi connectivity index (χ1v) is 9.64. The Hall–Kier alpha value is -2.08. The predicted octanol–water partition coefficient (Wildman–Crippen LogP) is 5.86. The number of hydrogen-bond acceptors (Lipinski definition) is 3. The molecule has 0 saturated carbocycles. The van der Waals surface area contributed by atoms with Crippen LogP contribution in [0.2, 0.25) is 15.1 Å². The molecule has 0 spiro atoms. The number of rotatable bonds is 6. The minimum absolute atomic E-state index is 0.231. The molecule has 0 N–H and O–H groups in total. The molecule has 4 nitrogen and oxygen atoms in total. The van der Waals surface area contributed by atoms with Gasteiger partial charge in [-0.1, -0.05) is 46.9 Å². The van der Waals surface area contributed by atoms with E-state index in [1.807, 2.05) is 0 Å². The lowest BCUT2D eigenvalue weighted by molar-refractivity contribution is -0.145. The molecule has 2 aromatic carbocycles. The number of carbonyl (C=O) groups is 1. The lowest BCUT2D eigenvalue weighted by Gasteiger charge is -2.19. The van der Waals surface area contributed by atoms with Gasteiger partial charge < -0.3 is 4.74 Å². The van der Waals surface area contributed by atoms with Crippen molar-refractivity contribution in [3.05, 3.63) is 80.8 Å². The zero-order valence-corrected chi connectivity index (χ0v) is 17.1. The van der Waals surface area contributed by atoms with Gasteiger partial charge in [0.2, 0.25) is 0 Å². The fraction of sp³-hybridized carbons (Fsp3) is 0.200. The van der Waals surface area contributed by atoms with E-state index in [4.69, 9.17) is 39.5 Å². The van der Waals surface area contributed by atoms with Crippen LogP contribution in [-0.2, 0) is 16.0 Å². The molecule has 0 amide bonds. The maximum Gasteiger partial charge on any atom is 0.315 e. The number of halogens is 4. The molecule has 0 aliphatic rings. The van der Waals surface area contributed by atoms with E-state index in [1.165, 1.54) is 16.8 Å². The van der Waals surface area contributed by atoms with E-state index in [0.717, 1.165) is 5.56 Å². The van der Waals surface area contributed by atoms with Crippen LogP contribution in [0.3, 0.4) is 0 Å². The van der Waals surface area contributed by atoms with Gasteiger partial charge in [0, 0.05) is 11.2 Å². The maximum atomic E-state index is 13.2. The van der Waals surface area contributed by atoms with Crippen LogP contribution in [0.4, 0.5) is 4.39 Å². The molecule has 1 aromatic heterocycles. The van der Waals surface area contributed by atoms with Gasteiger partial charge in [-0.15, -0.1) is 0 Å². The van der Waals surface area contributed by atoms with Crippen LogP contribution in [0.25, 0.3) is 5.69 Å². The van der Waals surface area contributed by atoms with Gasteiger partial charge >= 0.3 is 5.97 Å². The number of esters is 1. The van der Waals surface area contributed by atoms with E-state index in [-0.39, 0.29) is 12.4 Å². The molecule has 3 aromatic rings. The molecule has 28 heavy (non-hydrogen) atoms. The average Bonchev–Trinajstić information content (AvgIpc) is 3.09. The second kappa shape index (κ2) is 8.95. The number of aromatic nitrogens is 2. The molecule has 0 aliphatic heterocycles. The van der Waals surface area contributed by atoms with Crippen molar-refractivity contribution in [2.75, 3.05) is 6.61 Å². The molecule has 1 heterocycles. The second-order valence-corrected chi connectivity index (χ2v) is 7.27. The van der Waals surface area contributed by atoms with Gasteiger partial charge in [0.15, 0.2) is 0 Å². The third-order valence-electron chi connectivity index (χ3n) is 4.15. The first-order chi connectivity index (χ1) is 13.4. The van der Waals surface area contributed by atoms with Gasteiger partial charge in [-0.2, -0.15) is 5.10 Å². The highest BCUT2D eigenvalue weighted by Crippen LogP contribution is 2.34. The SMILES string of the molecule is CCOC(=O)C(Cc1ccc(F)cc1)c1ccnn1-c1c(Cl)cc(Cl)cc1Cl. The normalized spacial score (nSPS) is 12.0. The van der Waals surface area contributed by atoms with Crippen LogP contribution < -0.4 is 0 Å². The van der Waals surface area contributed by atoms with Crippen LogP contribution in [0, 0.1) is 5.82 Å². The number of ether oxygens (including phenoxy) is 1. The van der Waals surface area contributed by atoms with Crippen molar-refractivity contribution in [1.82, 2.24) is 9.78 Å². The second-order valence-electron chi connectivity index (χ2n) is 6.02. The number of carbonyl (C=O) groups excluding carboxylic acids is 1. The summed E-state index contributed by atoms with van der Waals surface area (Å²) in [6.07, 6.45) is 1.85. The molecule has 1 atom stereocenters. The van der Waals surface area contributed by atoms with Crippen LogP contribution >= 0.6 is 34.8 Å². The molecule has 0 aliphatic carbocycles. The fourth-order valence-corrected chi connectivity index (χ4v) is 3.89. The van der Waals surface area contributed by atoms with Gasteiger partial charge in [0.25, 0.3) is 0 Å². The Balaban J connectivity index is 2.06. The Morgan fingerprint density at radius 2 is 1.79 bits per heavy atom. The summed E-state index contributed by atoms with van der Waals surface area (Å²) in [6, 6.07) is 10.8. The van der Waals surface area contributed by atoms with Crippen molar-refractivity contribution in [3.8, 4) is 5.69 Å². The van der Waals surface area contributed by atoms with Crippen LogP contribution in [0.1, 0.15) is 24.1 Å². The first kappa shape index (κ1) is 20.6. The molecular formula is C20H16Cl3FN2O2.